The standard InChI is InChI=1S/C11H7F4N3O2S/c12-8-2-10(6-17-4-8)21(19,20)18-9-1-7(3-16-5-9)11(13,14)15/h1-6,18H. The summed E-state index contributed by atoms with van der Waals surface area (Å²) in [5.41, 5.74) is -1.51. The zero-order chi connectivity index (χ0) is 15.7. The predicted octanol–water partition coefficient (Wildman–Crippen LogP) is 2.44. The molecule has 0 radical (unpaired) electrons. The van der Waals surface area contributed by atoms with Gasteiger partial charge in [-0.05, 0) is 12.1 Å². The van der Waals surface area contributed by atoms with Gasteiger partial charge in [-0.2, -0.15) is 13.2 Å². The summed E-state index contributed by atoms with van der Waals surface area (Å²) in [6, 6.07) is 1.27. The van der Waals surface area contributed by atoms with E-state index in [0.29, 0.717) is 18.3 Å². The van der Waals surface area contributed by atoms with Crippen molar-refractivity contribution < 1.29 is 26.0 Å². The zero-order valence-corrected chi connectivity index (χ0v) is 10.9. The second-order valence-electron chi connectivity index (χ2n) is 3.90. The number of nitrogens with zero attached hydrogens (tertiary/aromatic N) is 2. The number of hydrogen-bond acceptors (Lipinski definition) is 4. The zero-order valence-electron chi connectivity index (χ0n) is 10.1. The Bertz CT molecular complexity index is 762. The summed E-state index contributed by atoms with van der Waals surface area (Å²) < 4.78 is 76.1. The molecule has 0 atom stereocenters. The Morgan fingerprint density at radius 2 is 1.67 bits per heavy atom. The molecule has 0 aliphatic heterocycles. The van der Waals surface area contributed by atoms with Crippen molar-refractivity contribution in [3.63, 3.8) is 0 Å². The van der Waals surface area contributed by atoms with E-state index in [-0.39, 0.29) is 0 Å². The van der Waals surface area contributed by atoms with Crippen LogP contribution >= 0.6 is 0 Å². The Hall–Kier alpha value is -2.23. The van der Waals surface area contributed by atoms with Crippen LogP contribution in [0.25, 0.3) is 0 Å². The van der Waals surface area contributed by atoms with Gasteiger partial charge in [-0.1, -0.05) is 0 Å². The monoisotopic (exact) mass is 321 g/mol. The van der Waals surface area contributed by atoms with Crippen LogP contribution in [0, 0.1) is 5.82 Å². The predicted molar refractivity (Wildman–Crippen MR) is 64.2 cm³/mol. The van der Waals surface area contributed by atoms with Crippen LogP contribution in [0.4, 0.5) is 23.2 Å². The van der Waals surface area contributed by atoms with E-state index < -0.39 is 38.2 Å². The first-order chi connectivity index (χ1) is 9.68. The van der Waals surface area contributed by atoms with E-state index in [4.69, 9.17) is 0 Å². The third-order valence-electron chi connectivity index (χ3n) is 2.31. The molecule has 0 aliphatic carbocycles. The summed E-state index contributed by atoms with van der Waals surface area (Å²) in [5, 5.41) is 0. The molecule has 0 unspecified atom stereocenters. The van der Waals surface area contributed by atoms with Crippen molar-refractivity contribution in [2.75, 3.05) is 4.72 Å². The van der Waals surface area contributed by atoms with Gasteiger partial charge in [0, 0.05) is 12.4 Å². The van der Waals surface area contributed by atoms with E-state index in [9.17, 15) is 26.0 Å². The van der Waals surface area contributed by atoms with Crippen molar-refractivity contribution >= 4 is 15.7 Å². The molecule has 1 N–H and O–H groups in total. The maximum atomic E-state index is 12.9. The summed E-state index contributed by atoms with van der Waals surface area (Å²) in [4.78, 5) is 6.16. The normalized spacial score (nSPS) is 12.2. The van der Waals surface area contributed by atoms with E-state index in [0.717, 1.165) is 18.6 Å². The van der Waals surface area contributed by atoms with Crippen LogP contribution in [0.5, 0.6) is 0 Å². The number of nitrogens with one attached hydrogen (secondary N) is 1. The molecular formula is C11H7F4N3O2S. The molecule has 0 spiro atoms. The fourth-order valence-corrected chi connectivity index (χ4v) is 2.41. The van der Waals surface area contributed by atoms with E-state index in [2.05, 4.69) is 9.97 Å². The lowest BCUT2D eigenvalue weighted by molar-refractivity contribution is -0.137. The number of rotatable bonds is 3. The van der Waals surface area contributed by atoms with E-state index >= 15 is 0 Å². The average Bonchev–Trinajstić information content (AvgIpc) is 2.37. The highest BCUT2D eigenvalue weighted by molar-refractivity contribution is 7.92. The number of halogens is 4. The van der Waals surface area contributed by atoms with Gasteiger partial charge in [0.05, 0.1) is 23.6 Å². The first-order valence-electron chi connectivity index (χ1n) is 5.34. The first kappa shape index (κ1) is 15.2. The Morgan fingerprint density at radius 3 is 2.29 bits per heavy atom. The summed E-state index contributed by atoms with van der Waals surface area (Å²) in [6.07, 6.45) is -1.53. The minimum atomic E-state index is -4.66. The molecule has 2 aromatic heterocycles. The van der Waals surface area contributed by atoms with Crippen LogP contribution in [-0.4, -0.2) is 18.4 Å². The molecule has 10 heteroatoms. The minimum absolute atomic E-state index is 0.394. The van der Waals surface area contributed by atoms with Crippen LogP contribution in [0.2, 0.25) is 0 Å². The van der Waals surface area contributed by atoms with Gasteiger partial charge >= 0.3 is 6.18 Å². The fourth-order valence-electron chi connectivity index (χ4n) is 1.40. The van der Waals surface area contributed by atoms with Gasteiger partial charge < -0.3 is 0 Å². The van der Waals surface area contributed by atoms with Gasteiger partial charge in [-0.15, -0.1) is 0 Å². The summed E-state index contributed by atoms with van der Waals surface area (Å²) in [6.45, 7) is 0. The number of anilines is 1. The molecule has 0 fully saturated rings. The highest BCUT2D eigenvalue weighted by atomic mass is 32.2. The van der Waals surface area contributed by atoms with Crippen molar-refractivity contribution in [1.82, 2.24) is 9.97 Å². The molecule has 0 aromatic carbocycles. The van der Waals surface area contributed by atoms with E-state index in [1.54, 1.807) is 0 Å². The fraction of sp³-hybridized carbons (Fsp3) is 0.0909. The van der Waals surface area contributed by atoms with Crippen LogP contribution in [-0.2, 0) is 16.2 Å². The SMILES string of the molecule is O=S(=O)(Nc1cncc(C(F)(F)F)c1)c1cncc(F)c1. The number of aromatic nitrogens is 2. The number of pyridine rings is 2. The summed E-state index contributed by atoms with van der Waals surface area (Å²) in [5.74, 6) is -0.889. The lowest BCUT2D eigenvalue weighted by atomic mass is 10.2. The van der Waals surface area contributed by atoms with E-state index in [1.165, 1.54) is 0 Å². The van der Waals surface area contributed by atoms with Gasteiger partial charge in [0.2, 0.25) is 0 Å². The molecule has 2 rings (SSSR count). The number of alkyl halides is 3. The largest absolute Gasteiger partial charge is 0.417 e. The van der Waals surface area contributed by atoms with Crippen LogP contribution < -0.4 is 4.72 Å². The molecule has 5 nitrogen and oxygen atoms in total. The number of sulfonamides is 1. The van der Waals surface area contributed by atoms with Gasteiger partial charge in [0.25, 0.3) is 10.0 Å². The average molecular weight is 321 g/mol. The van der Waals surface area contributed by atoms with Crippen molar-refractivity contribution in [2.24, 2.45) is 0 Å². The lowest BCUT2D eigenvalue weighted by Crippen LogP contribution is -2.15. The van der Waals surface area contributed by atoms with Crippen molar-refractivity contribution in [2.45, 2.75) is 11.1 Å². The third-order valence-corrected chi connectivity index (χ3v) is 3.66. The Balaban J connectivity index is 2.33. The molecule has 112 valence electrons. The molecule has 0 amide bonds. The Morgan fingerprint density at radius 1 is 1.00 bits per heavy atom. The van der Waals surface area contributed by atoms with Gasteiger partial charge in [0.1, 0.15) is 10.7 Å². The van der Waals surface area contributed by atoms with E-state index in [1.807, 2.05) is 4.72 Å². The topological polar surface area (TPSA) is 72.0 Å². The second-order valence-corrected chi connectivity index (χ2v) is 5.59. The van der Waals surface area contributed by atoms with Gasteiger partial charge in [-0.25, -0.2) is 12.8 Å². The van der Waals surface area contributed by atoms with Crippen molar-refractivity contribution in [1.29, 1.82) is 0 Å². The van der Waals surface area contributed by atoms with Crippen LogP contribution in [0.3, 0.4) is 0 Å². The highest BCUT2D eigenvalue weighted by Gasteiger charge is 2.31. The maximum absolute atomic E-state index is 12.9. The summed E-state index contributed by atoms with van der Waals surface area (Å²) in [7, 11) is -4.26. The quantitative estimate of drug-likeness (QED) is 0.881. The van der Waals surface area contributed by atoms with Crippen LogP contribution in [0.1, 0.15) is 5.56 Å². The molecule has 0 aliphatic rings. The second kappa shape index (κ2) is 5.28. The summed E-state index contributed by atoms with van der Waals surface area (Å²) >= 11 is 0. The molecule has 2 heterocycles. The van der Waals surface area contributed by atoms with Crippen molar-refractivity contribution in [3.8, 4) is 0 Å². The van der Waals surface area contributed by atoms with Crippen LogP contribution in [0.15, 0.2) is 41.8 Å². The van der Waals surface area contributed by atoms with Gasteiger partial charge in [-0.3, -0.25) is 14.7 Å². The maximum Gasteiger partial charge on any atom is 0.417 e. The Labute approximate surface area is 116 Å². The van der Waals surface area contributed by atoms with Crippen molar-refractivity contribution in [3.05, 3.63) is 48.3 Å². The molecule has 0 bridgehead atoms. The third kappa shape index (κ3) is 3.66. The Kier molecular flexibility index (Phi) is 3.81. The molecule has 0 saturated carbocycles. The van der Waals surface area contributed by atoms with Gasteiger partial charge in [0.15, 0.2) is 0 Å². The molecule has 21 heavy (non-hydrogen) atoms. The highest BCUT2D eigenvalue weighted by Crippen LogP contribution is 2.30. The lowest BCUT2D eigenvalue weighted by Gasteiger charge is -2.10. The number of hydrogen-bond donors (Lipinski definition) is 1. The first-order valence-corrected chi connectivity index (χ1v) is 6.82. The molecule has 2 aromatic rings. The smallest absolute Gasteiger partial charge is 0.278 e. The molecular weight excluding hydrogens is 314 g/mol. The minimum Gasteiger partial charge on any atom is -0.278 e. The molecule has 0 saturated heterocycles.